The third-order valence-electron chi connectivity index (χ3n) is 4.48. The van der Waals surface area contributed by atoms with Crippen LogP contribution in [0.3, 0.4) is 0 Å². The Kier molecular flexibility index (Phi) is 7.77. The van der Waals surface area contributed by atoms with E-state index in [9.17, 15) is 9.59 Å². The van der Waals surface area contributed by atoms with E-state index in [1.165, 1.54) is 0 Å². The van der Waals surface area contributed by atoms with E-state index in [0.29, 0.717) is 51.8 Å². The number of morpholine rings is 2. The molecule has 0 spiro atoms. The van der Waals surface area contributed by atoms with Gasteiger partial charge >= 0.3 is 0 Å². The molecule has 152 valence electrons. The summed E-state index contributed by atoms with van der Waals surface area (Å²) in [6, 6.07) is 7.16. The molecule has 28 heavy (non-hydrogen) atoms. The first kappa shape index (κ1) is 20.2. The fourth-order valence-electron chi connectivity index (χ4n) is 2.88. The summed E-state index contributed by atoms with van der Waals surface area (Å²) in [6.45, 7) is 5.50. The molecule has 2 amide bonds. The van der Waals surface area contributed by atoms with Gasteiger partial charge in [0.25, 0.3) is 11.8 Å². The number of nitrogens with one attached hydrogen (secondary N) is 1. The molecule has 1 aromatic rings. The van der Waals surface area contributed by atoms with Gasteiger partial charge in [0.1, 0.15) is 5.75 Å². The lowest BCUT2D eigenvalue weighted by molar-refractivity contribution is -0.137. The number of carbonyl (C=O) groups is 2. The molecule has 2 aliphatic rings. The van der Waals surface area contributed by atoms with E-state index in [1.54, 1.807) is 23.2 Å². The lowest BCUT2D eigenvalue weighted by Crippen LogP contribution is -2.42. The second-order valence-electron chi connectivity index (χ2n) is 6.53. The Hall–Kier alpha value is -2.49. The summed E-state index contributed by atoms with van der Waals surface area (Å²) < 4.78 is 16.0. The molecular formula is C19H26N4O5. The van der Waals surface area contributed by atoms with E-state index in [-0.39, 0.29) is 18.4 Å². The van der Waals surface area contributed by atoms with Gasteiger partial charge in [0.15, 0.2) is 6.61 Å². The third-order valence-corrected chi connectivity index (χ3v) is 4.48. The largest absolute Gasteiger partial charge is 0.484 e. The monoisotopic (exact) mass is 390 g/mol. The predicted octanol–water partition coefficient (Wildman–Crippen LogP) is -0.293. The Bertz CT molecular complexity index is 667. The summed E-state index contributed by atoms with van der Waals surface area (Å²) in [7, 11) is 0. The molecule has 2 saturated heterocycles. The van der Waals surface area contributed by atoms with Crippen LogP contribution in [0, 0.1) is 0 Å². The highest BCUT2D eigenvalue weighted by Gasteiger charge is 2.17. The minimum atomic E-state index is -0.153. The lowest BCUT2D eigenvalue weighted by atomic mass is 10.2. The van der Waals surface area contributed by atoms with Crippen LogP contribution in [0.25, 0.3) is 0 Å². The van der Waals surface area contributed by atoms with Crippen molar-refractivity contribution in [3.8, 4) is 5.75 Å². The van der Waals surface area contributed by atoms with Crippen LogP contribution in [0.15, 0.2) is 29.4 Å². The number of hydrogen-bond donors (Lipinski definition) is 1. The highest BCUT2D eigenvalue weighted by molar-refractivity contribution is 5.83. The van der Waals surface area contributed by atoms with Crippen molar-refractivity contribution in [1.29, 1.82) is 0 Å². The van der Waals surface area contributed by atoms with E-state index in [0.717, 1.165) is 18.7 Å². The summed E-state index contributed by atoms with van der Waals surface area (Å²) in [5, 5.41) is 3.98. The van der Waals surface area contributed by atoms with Crippen molar-refractivity contribution in [2.45, 2.75) is 0 Å². The fraction of sp³-hybridized carbons (Fsp3) is 0.526. The van der Waals surface area contributed by atoms with Gasteiger partial charge in [-0.1, -0.05) is 0 Å². The number of nitrogens with zero attached hydrogens (tertiary/aromatic N) is 3. The Morgan fingerprint density at radius 3 is 2.36 bits per heavy atom. The predicted molar refractivity (Wildman–Crippen MR) is 102 cm³/mol. The average Bonchev–Trinajstić information content (AvgIpc) is 2.74. The van der Waals surface area contributed by atoms with Crippen LogP contribution in [0.5, 0.6) is 5.75 Å². The maximum Gasteiger partial charge on any atom is 0.260 e. The van der Waals surface area contributed by atoms with Crippen LogP contribution < -0.4 is 10.2 Å². The molecule has 3 rings (SSSR count). The SMILES string of the molecule is O=C(CN1CCOCC1)N/N=C\c1ccc(OCC(=O)N2CCOCC2)cc1. The van der Waals surface area contributed by atoms with Gasteiger partial charge in [-0.15, -0.1) is 0 Å². The number of benzene rings is 1. The van der Waals surface area contributed by atoms with Crippen molar-refractivity contribution in [1.82, 2.24) is 15.2 Å². The quantitative estimate of drug-likeness (QED) is 0.508. The van der Waals surface area contributed by atoms with Gasteiger partial charge in [0.05, 0.1) is 39.2 Å². The molecule has 0 aliphatic carbocycles. The number of ether oxygens (including phenoxy) is 3. The molecular weight excluding hydrogens is 364 g/mol. The maximum atomic E-state index is 12.1. The van der Waals surface area contributed by atoms with E-state index < -0.39 is 0 Å². The normalized spacial score (nSPS) is 18.2. The van der Waals surface area contributed by atoms with Crippen LogP contribution in [-0.2, 0) is 19.1 Å². The molecule has 2 heterocycles. The van der Waals surface area contributed by atoms with Gasteiger partial charge in [-0.05, 0) is 29.8 Å². The Balaban J connectivity index is 1.37. The van der Waals surface area contributed by atoms with Crippen molar-refractivity contribution < 1.29 is 23.8 Å². The van der Waals surface area contributed by atoms with Crippen molar-refractivity contribution >= 4 is 18.0 Å². The number of carbonyl (C=O) groups excluding carboxylic acids is 2. The molecule has 0 saturated carbocycles. The Labute approximate surface area is 164 Å². The van der Waals surface area contributed by atoms with Crippen molar-refractivity contribution in [2.75, 3.05) is 65.8 Å². The topological polar surface area (TPSA) is 92.7 Å². The van der Waals surface area contributed by atoms with Gasteiger partial charge in [0.2, 0.25) is 0 Å². The van der Waals surface area contributed by atoms with E-state index in [4.69, 9.17) is 14.2 Å². The van der Waals surface area contributed by atoms with Gasteiger partial charge in [0, 0.05) is 26.2 Å². The van der Waals surface area contributed by atoms with Crippen LogP contribution in [0.2, 0.25) is 0 Å². The second kappa shape index (κ2) is 10.7. The first-order valence-electron chi connectivity index (χ1n) is 9.41. The van der Waals surface area contributed by atoms with Gasteiger partial charge in [-0.2, -0.15) is 5.10 Å². The zero-order valence-electron chi connectivity index (χ0n) is 15.8. The maximum absolute atomic E-state index is 12.1. The molecule has 0 unspecified atom stereocenters. The Morgan fingerprint density at radius 2 is 1.68 bits per heavy atom. The number of rotatable bonds is 7. The summed E-state index contributed by atoms with van der Waals surface area (Å²) in [6.07, 6.45) is 1.57. The first-order chi connectivity index (χ1) is 13.7. The number of hydrazone groups is 1. The van der Waals surface area contributed by atoms with Gasteiger partial charge < -0.3 is 19.1 Å². The van der Waals surface area contributed by atoms with Gasteiger partial charge in [-0.25, -0.2) is 5.43 Å². The molecule has 0 aromatic heterocycles. The second-order valence-corrected chi connectivity index (χ2v) is 6.53. The minimum Gasteiger partial charge on any atom is -0.484 e. The standard InChI is InChI=1S/C19H26N4O5/c24-18(14-22-5-9-26-10-6-22)21-20-13-16-1-3-17(4-2-16)28-15-19(25)23-7-11-27-12-8-23/h1-4,13H,5-12,14-15H2,(H,21,24)/b20-13-. The van der Waals surface area contributed by atoms with Gasteiger partial charge in [-0.3, -0.25) is 14.5 Å². The average molecular weight is 390 g/mol. The lowest BCUT2D eigenvalue weighted by Gasteiger charge is -2.26. The summed E-state index contributed by atoms with van der Waals surface area (Å²) in [5.41, 5.74) is 3.34. The minimum absolute atomic E-state index is 0.00499. The molecule has 0 atom stereocenters. The van der Waals surface area contributed by atoms with E-state index >= 15 is 0 Å². The van der Waals surface area contributed by atoms with Crippen molar-refractivity contribution in [3.05, 3.63) is 29.8 Å². The summed E-state index contributed by atoms with van der Waals surface area (Å²) >= 11 is 0. The summed E-state index contributed by atoms with van der Waals surface area (Å²) in [4.78, 5) is 27.7. The smallest absolute Gasteiger partial charge is 0.260 e. The molecule has 1 aromatic carbocycles. The first-order valence-corrected chi connectivity index (χ1v) is 9.41. The molecule has 2 aliphatic heterocycles. The Morgan fingerprint density at radius 1 is 1.04 bits per heavy atom. The van der Waals surface area contributed by atoms with Crippen molar-refractivity contribution in [2.24, 2.45) is 5.10 Å². The van der Waals surface area contributed by atoms with E-state index in [2.05, 4.69) is 10.5 Å². The molecule has 9 heteroatoms. The highest BCUT2D eigenvalue weighted by Crippen LogP contribution is 2.11. The zero-order chi connectivity index (χ0) is 19.6. The van der Waals surface area contributed by atoms with Crippen LogP contribution in [0.1, 0.15) is 5.56 Å². The molecule has 9 nitrogen and oxygen atoms in total. The fourth-order valence-corrected chi connectivity index (χ4v) is 2.88. The van der Waals surface area contributed by atoms with Crippen LogP contribution in [-0.4, -0.2) is 93.6 Å². The number of amides is 2. The van der Waals surface area contributed by atoms with Crippen LogP contribution >= 0.6 is 0 Å². The third kappa shape index (κ3) is 6.59. The molecule has 1 N–H and O–H groups in total. The van der Waals surface area contributed by atoms with E-state index in [1.807, 2.05) is 17.0 Å². The molecule has 2 fully saturated rings. The number of hydrogen-bond acceptors (Lipinski definition) is 7. The summed E-state index contributed by atoms with van der Waals surface area (Å²) in [5.74, 6) is 0.409. The molecule has 0 radical (unpaired) electrons. The van der Waals surface area contributed by atoms with Crippen LogP contribution in [0.4, 0.5) is 0 Å². The molecule has 0 bridgehead atoms. The zero-order valence-corrected chi connectivity index (χ0v) is 15.8. The highest BCUT2D eigenvalue weighted by atomic mass is 16.5. The van der Waals surface area contributed by atoms with Crippen molar-refractivity contribution in [3.63, 3.8) is 0 Å².